The smallest absolute Gasteiger partial charge is 0.362 e. The van der Waals surface area contributed by atoms with Crippen molar-refractivity contribution in [3.05, 3.63) is 79.8 Å². The highest BCUT2D eigenvalue weighted by Gasteiger charge is 2.16. The van der Waals surface area contributed by atoms with Gasteiger partial charge >= 0.3 is 5.63 Å². The van der Waals surface area contributed by atoms with Crippen LogP contribution in [0.2, 0.25) is 0 Å². The lowest BCUT2D eigenvalue weighted by atomic mass is 9.84. The van der Waals surface area contributed by atoms with Crippen molar-refractivity contribution in [1.29, 1.82) is 0 Å². The second kappa shape index (κ2) is 7.87. The van der Waals surface area contributed by atoms with Gasteiger partial charge in [-0.2, -0.15) is 0 Å². The van der Waals surface area contributed by atoms with Crippen LogP contribution < -0.4 is 5.63 Å². The summed E-state index contributed by atoms with van der Waals surface area (Å²) in [5.74, 6) is 0.443. The molecule has 0 atom stereocenters. The fourth-order valence-corrected chi connectivity index (χ4v) is 3.79. The molecule has 1 heterocycles. The Labute approximate surface area is 166 Å². The normalized spacial score (nSPS) is 15.5. The number of aliphatic hydroxyl groups excluding tert-OH is 1. The van der Waals surface area contributed by atoms with Crippen LogP contribution in [0.1, 0.15) is 54.8 Å². The third-order valence-corrected chi connectivity index (χ3v) is 5.36. The molecule has 3 aromatic rings. The molecule has 1 fully saturated rings. The first-order chi connectivity index (χ1) is 14.0. The van der Waals surface area contributed by atoms with Crippen LogP contribution in [0, 0.1) is 10.1 Å². The number of non-ortho nitro benzene ring substituents is 1. The standard InChI is InChI=1S/C22H20N2O5/c25-20(16-8-6-15(7-9-16)14-4-2-1-3-5-14)13-19-22(26)29-21-11-10-17(24(27)28)12-18(21)23-19/h6-14,25H,1-5H2. The van der Waals surface area contributed by atoms with Gasteiger partial charge in [-0.25, -0.2) is 9.78 Å². The lowest BCUT2D eigenvalue weighted by molar-refractivity contribution is -0.384. The highest BCUT2D eigenvalue weighted by molar-refractivity contribution is 5.79. The minimum absolute atomic E-state index is 0.119. The number of rotatable bonds is 4. The monoisotopic (exact) mass is 392 g/mol. The van der Waals surface area contributed by atoms with Gasteiger partial charge in [0.05, 0.1) is 4.92 Å². The molecule has 1 aliphatic rings. The quantitative estimate of drug-likeness (QED) is 0.371. The molecule has 1 saturated carbocycles. The number of nitrogens with zero attached hydrogens (tertiary/aromatic N) is 2. The number of nitro groups is 1. The summed E-state index contributed by atoms with van der Waals surface area (Å²) in [5, 5.41) is 21.4. The number of nitro benzene ring substituents is 1. The van der Waals surface area contributed by atoms with Gasteiger partial charge in [0.2, 0.25) is 0 Å². The third kappa shape index (κ3) is 4.03. The molecule has 29 heavy (non-hydrogen) atoms. The summed E-state index contributed by atoms with van der Waals surface area (Å²) < 4.78 is 5.17. The Hall–Kier alpha value is -3.48. The largest absolute Gasteiger partial charge is 0.507 e. The predicted molar refractivity (Wildman–Crippen MR) is 110 cm³/mol. The van der Waals surface area contributed by atoms with Crippen molar-refractivity contribution in [2.24, 2.45) is 0 Å². The summed E-state index contributed by atoms with van der Waals surface area (Å²) in [6, 6.07) is 11.5. The Morgan fingerprint density at radius 2 is 1.86 bits per heavy atom. The van der Waals surface area contributed by atoms with Crippen molar-refractivity contribution in [3.63, 3.8) is 0 Å². The molecule has 1 aromatic heterocycles. The Bertz CT molecular complexity index is 1140. The maximum Gasteiger partial charge on any atom is 0.362 e. The lowest BCUT2D eigenvalue weighted by Gasteiger charge is -2.22. The highest BCUT2D eigenvalue weighted by atomic mass is 16.6. The first-order valence-electron chi connectivity index (χ1n) is 9.61. The molecule has 0 unspecified atom stereocenters. The van der Waals surface area contributed by atoms with Crippen molar-refractivity contribution < 1.29 is 14.4 Å². The average molecular weight is 392 g/mol. The zero-order chi connectivity index (χ0) is 20.4. The van der Waals surface area contributed by atoms with Gasteiger partial charge in [0, 0.05) is 23.8 Å². The Kier molecular flexibility index (Phi) is 5.12. The number of hydrogen-bond donors (Lipinski definition) is 1. The molecule has 7 heteroatoms. The van der Waals surface area contributed by atoms with Crippen LogP contribution in [-0.4, -0.2) is 15.0 Å². The second-order valence-corrected chi connectivity index (χ2v) is 7.28. The molecular formula is C22H20N2O5. The molecule has 0 amide bonds. The van der Waals surface area contributed by atoms with Crippen LogP contribution in [0.4, 0.5) is 5.69 Å². The van der Waals surface area contributed by atoms with E-state index in [4.69, 9.17) is 4.42 Å². The van der Waals surface area contributed by atoms with Crippen LogP contribution in [0.3, 0.4) is 0 Å². The average Bonchev–Trinajstić information content (AvgIpc) is 2.74. The SMILES string of the molecule is O=c1oc2ccc([N+](=O)[O-])cc2nc1C=C(O)c1ccc(C2CCCCC2)cc1. The van der Waals surface area contributed by atoms with Crippen molar-refractivity contribution in [2.75, 3.05) is 0 Å². The molecule has 1 aliphatic carbocycles. The van der Waals surface area contributed by atoms with E-state index in [1.54, 1.807) is 0 Å². The number of fused-ring (bicyclic) bond motifs is 1. The van der Waals surface area contributed by atoms with Crippen molar-refractivity contribution in [3.8, 4) is 0 Å². The van der Waals surface area contributed by atoms with E-state index in [-0.39, 0.29) is 28.2 Å². The molecular weight excluding hydrogens is 372 g/mol. The van der Waals surface area contributed by atoms with Crippen molar-refractivity contribution in [1.82, 2.24) is 4.98 Å². The summed E-state index contributed by atoms with van der Waals surface area (Å²) in [6.07, 6.45) is 7.39. The summed E-state index contributed by atoms with van der Waals surface area (Å²) in [4.78, 5) is 26.7. The summed E-state index contributed by atoms with van der Waals surface area (Å²) in [6.45, 7) is 0. The van der Waals surface area contributed by atoms with Crippen LogP contribution in [0.15, 0.2) is 51.7 Å². The van der Waals surface area contributed by atoms with Crippen LogP contribution in [-0.2, 0) is 0 Å². The van der Waals surface area contributed by atoms with Gasteiger partial charge in [-0.15, -0.1) is 0 Å². The lowest BCUT2D eigenvalue weighted by Crippen LogP contribution is -2.07. The summed E-state index contributed by atoms with van der Waals surface area (Å²) in [7, 11) is 0. The molecule has 7 nitrogen and oxygen atoms in total. The van der Waals surface area contributed by atoms with Crippen LogP contribution in [0.25, 0.3) is 22.9 Å². The fraction of sp³-hybridized carbons (Fsp3) is 0.273. The van der Waals surface area contributed by atoms with Crippen LogP contribution >= 0.6 is 0 Å². The fourth-order valence-electron chi connectivity index (χ4n) is 3.79. The van der Waals surface area contributed by atoms with Crippen molar-refractivity contribution >= 4 is 28.6 Å². The van der Waals surface area contributed by atoms with E-state index >= 15 is 0 Å². The summed E-state index contributed by atoms with van der Waals surface area (Å²) >= 11 is 0. The van der Waals surface area contributed by atoms with Gasteiger partial charge in [-0.1, -0.05) is 43.5 Å². The summed E-state index contributed by atoms with van der Waals surface area (Å²) in [5.41, 5.74) is 1.14. The molecule has 0 bridgehead atoms. The van der Waals surface area contributed by atoms with Gasteiger partial charge in [0.15, 0.2) is 11.3 Å². The number of benzene rings is 2. The predicted octanol–water partition coefficient (Wildman–Crippen LogP) is 5.20. The molecule has 2 aromatic carbocycles. The van der Waals surface area contributed by atoms with Crippen LogP contribution in [0.5, 0.6) is 0 Å². The Balaban J connectivity index is 1.64. The van der Waals surface area contributed by atoms with E-state index in [1.807, 2.05) is 24.3 Å². The second-order valence-electron chi connectivity index (χ2n) is 7.28. The zero-order valence-electron chi connectivity index (χ0n) is 15.7. The minimum atomic E-state index is -0.725. The van der Waals surface area contributed by atoms with Gasteiger partial charge in [-0.3, -0.25) is 10.1 Å². The molecule has 0 spiro atoms. The molecule has 148 valence electrons. The van der Waals surface area contributed by atoms with Gasteiger partial charge < -0.3 is 9.52 Å². The molecule has 1 N–H and O–H groups in total. The number of hydrogen-bond acceptors (Lipinski definition) is 6. The Morgan fingerprint density at radius 1 is 1.14 bits per heavy atom. The maximum atomic E-state index is 12.2. The molecule has 4 rings (SSSR count). The first kappa shape index (κ1) is 18.9. The van der Waals surface area contributed by atoms with E-state index in [9.17, 15) is 20.0 Å². The number of aromatic nitrogens is 1. The molecule has 0 saturated heterocycles. The topological polar surface area (TPSA) is 106 Å². The highest BCUT2D eigenvalue weighted by Crippen LogP contribution is 2.33. The Morgan fingerprint density at radius 3 is 2.55 bits per heavy atom. The van der Waals surface area contributed by atoms with E-state index in [1.165, 1.54) is 61.9 Å². The van der Waals surface area contributed by atoms with E-state index in [0.29, 0.717) is 11.5 Å². The van der Waals surface area contributed by atoms with E-state index < -0.39 is 10.5 Å². The maximum absolute atomic E-state index is 12.2. The first-order valence-corrected chi connectivity index (χ1v) is 9.61. The van der Waals surface area contributed by atoms with Gasteiger partial charge in [-0.05, 0) is 30.4 Å². The van der Waals surface area contributed by atoms with E-state index in [0.717, 1.165) is 0 Å². The van der Waals surface area contributed by atoms with Crippen molar-refractivity contribution in [2.45, 2.75) is 38.0 Å². The minimum Gasteiger partial charge on any atom is -0.507 e. The van der Waals surface area contributed by atoms with Gasteiger partial charge in [0.25, 0.3) is 5.69 Å². The molecule has 0 aliphatic heterocycles. The molecule has 0 radical (unpaired) electrons. The van der Waals surface area contributed by atoms with Gasteiger partial charge in [0.1, 0.15) is 11.3 Å². The van der Waals surface area contributed by atoms with E-state index in [2.05, 4.69) is 4.98 Å². The number of aliphatic hydroxyl groups is 1. The zero-order valence-corrected chi connectivity index (χ0v) is 15.7. The third-order valence-electron chi connectivity index (χ3n) is 5.36.